The fraction of sp³-hybridized carbons (Fsp3) is 0.891. The summed E-state index contributed by atoms with van der Waals surface area (Å²) in [6.45, 7) is 4.27. The van der Waals surface area contributed by atoms with Crippen molar-refractivity contribution in [3.63, 3.8) is 0 Å². The van der Waals surface area contributed by atoms with Gasteiger partial charge in [-0.2, -0.15) is 0 Å². The van der Waals surface area contributed by atoms with Gasteiger partial charge in [0.1, 0.15) is 19.8 Å². The average molecular weight is 940 g/mol. The molecule has 0 bridgehead atoms. The van der Waals surface area contributed by atoms with Crippen molar-refractivity contribution in [2.75, 3.05) is 47.5 Å². The standard InChI is InChI=1S/C55H106NO8P/c1-6-8-10-12-14-16-18-20-22-24-26-28-30-32-34-36-38-40-42-44-46-48-55(58)64-53(52-63-65(59,60)62-50-49-56(3,4)5)51-61-54(57)47-45-43-41-39-37-35-33-31-29-27-25-23-21-19-17-15-13-11-9-7-2/h18,20,24,26,53H,6-17,19,21-23,25,27-52H2,1-5H3/b20-18-,26-24-. The van der Waals surface area contributed by atoms with Gasteiger partial charge in [0.15, 0.2) is 6.10 Å². The summed E-state index contributed by atoms with van der Waals surface area (Å²) in [4.78, 5) is 37.8. The van der Waals surface area contributed by atoms with E-state index in [-0.39, 0.29) is 32.0 Å². The number of carbonyl (C=O) groups is 2. The number of phosphoric ester groups is 1. The third-order valence-corrected chi connectivity index (χ3v) is 13.2. The largest absolute Gasteiger partial charge is 0.756 e. The Morgan fingerprint density at radius 3 is 1.22 bits per heavy atom. The monoisotopic (exact) mass is 940 g/mol. The van der Waals surface area contributed by atoms with Crippen molar-refractivity contribution in [2.24, 2.45) is 0 Å². The van der Waals surface area contributed by atoms with Crippen LogP contribution in [0, 0.1) is 0 Å². The van der Waals surface area contributed by atoms with Gasteiger partial charge >= 0.3 is 11.9 Å². The Morgan fingerprint density at radius 2 is 0.831 bits per heavy atom. The highest BCUT2D eigenvalue weighted by Crippen LogP contribution is 2.38. The Labute approximate surface area is 402 Å². The van der Waals surface area contributed by atoms with E-state index in [1.807, 2.05) is 21.1 Å². The van der Waals surface area contributed by atoms with Crippen LogP contribution in [0.25, 0.3) is 0 Å². The summed E-state index contributed by atoms with van der Waals surface area (Å²) in [5, 5.41) is 0. The number of esters is 2. The SMILES string of the molecule is CCCCCCC/C=C\C/C=C\CCCCCCCCCCCC(=O)OC(COC(=O)CCCCCCCCCCCCCCCCCCCCCC)COP(=O)([O-])OCC[N+](C)(C)C. The number of unbranched alkanes of at least 4 members (excludes halogenated alkanes) is 33. The number of ether oxygens (including phenoxy) is 2. The molecule has 0 heterocycles. The number of rotatable bonds is 51. The molecular formula is C55H106NO8P. The molecule has 2 atom stereocenters. The van der Waals surface area contributed by atoms with Gasteiger partial charge in [0.2, 0.25) is 0 Å². The molecule has 9 nitrogen and oxygen atoms in total. The molecule has 10 heteroatoms. The van der Waals surface area contributed by atoms with Crippen LogP contribution in [0.4, 0.5) is 0 Å². The maximum atomic E-state index is 12.8. The van der Waals surface area contributed by atoms with E-state index in [2.05, 4.69) is 38.2 Å². The summed E-state index contributed by atoms with van der Waals surface area (Å²) in [5.41, 5.74) is 0. The maximum Gasteiger partial charge on any atom is 0.306 e. The van der Waals surface area contributed by atoms with Gasteiger partial charge in [0.05, 0.1) is 27.7 Å². The Bertz CT molecular complexity index is 1150. The van der Waals surface area contributed by atoms with Gasteiger partial charge in [-0.15, -0.1) is 0 Å². The second kappa shape index (κ2) is 47.6. The van der Waals surface area contributed by atoms with Gasteiger partial charge in [-0.1, -0.05) is 231 Å². The molecule has 0 aliphatic heterocycles. The summed E-state index contributed by atoms with van der Waals surface area (Å²) in [6.07, 6.45) is 54.9. The number of hydrogen-bond donors (Lipinski definition) is 0. The molecule has 0 saturated heterocycles. The van der Waals surface area contributed by atoms with Gasteiger partial charge < -0.3 is 27.9 Å². The second-order valence-corrected chi connectivity index (χ2v) is 21.4. The highest BCUT2D eigenvalue weighted by Gasteiger charge is 2.21. The first-order valence-electron chi connectivity index (χ1n) is 27.5. The van der Waals surface area contributed by atoms with Crippen LogP contribution in [-0.4, -0.2) is 70.0 Å². The van der Waals surface area contributed by atoms with E-state index in [1.54, 1.807) is 0 Å². The second-order valence-electron chi connectivity index (χ2n) is 20.0. The van der Waals surface area contributed by atoms with Crippen LogP contribution in [-0.2, 0) is 32.7 Å². The van der Waals surface area contributed by atoms with Crippen molar-refractivity contribution in [1.29, 1.82) is 0 Å². The van der Waals surface area contributed by atoms with Gasteiger partial charge in [-0.25, -0.2) is 0 Å². The minimum atomic E-state index is -4.63. The van der Waals surface area contributed by atoms with Gasteiger partial charge in [0, 0.05) is 12.8 Å². The average Bonchev–Trinajstić information content (AvgIpc) is 3.26. The van der Waals surface area contributed by atoms with E-state index in [0.717, 1.165) is 51.4 Å². The van der Waals surface area contributed by atoms with Gasteiger partial charge in [-0.05, 0) is 44.9 Å². The number of quaternary nitrogens is 1. The number of likely N-dealkylation sites (N-methyl/N-ethyl adjacent to an activating group) is 1. The maximum absolute atomic E-state index is 12.8. The molecule has 0 aromatic heterocycles. The zero-order valence-electron chi connectivity index (χ0n) is 43.5. The molecule has 0 aromatic carbocycles. The first-order chi connectivity index (χ1) is 31.5. The lowest BCUT2D eigenvalue weighted by molar-refractivity contribution is -0.870. The molecular weight excluding hydrogens is 834 g/mol. The number of nitrogens with zero attached hydrogens (tertiary/aromatic N) is 1. The first-order valence-corrected chi connectivity index (χ1v) is 29.0. The Hall–Kier alpha value is -1.51. The molecule has 65 heavy (non-hydrogen) atoms. The smallest absolute Gasteiger partial charge is 0.306 e. The number of phosphoric acid groups is 1. The number of allylic oxidation sites excluding steroid dienone is 4. The van der Waals surface area contributed by atoms with E-state index < -0.39 is 26.5 Å². The van der Waals surface area contributed by atoms with Crippen molar-refractivity contribution >= 4 is 19.8 Å². The van der Waals surface area contributed by atoms with Crippen LogP contribution >= 0.6 is 7.82 Å². The molecule has 0 aromatic rings. The molecule has 0 aliphatic rings. The van der Waals surface area contributed by atoms with Crippen molar-refractivity contribution < 1.29 is 42.1 Å². The van der Waals surface area contributed by atoms with E-state index in [4.69, 9.17) is 18.5 Å². The van der Waals surface area contributed by atoms with E-state index >= 15 is 0 Å². The molecule has 0 N–H and O–H groups in total. The van der Waals surface area contributed by atoms with Crippen molar-refractivity contribution in [1.82, 2.24) is 0 Å². The van der Waals surface area contributed by atoms with E-state index in [9.17, 15) is 19.0 Å². The fourth-order valence-corrected chi connectivity index (χ4v) is 8.65. The molecule has 0 radical (unpaired) electrons. The van der Waals surface area contributed by atoms with Crippen LogP contribution < -0.4 is 4.89 Å². The fourth-order valence-electron chi connectivity index (χ4n) is 7.92. The predicted molar refractivity (Wildman–Crippen MR) is 273 cm³/mol. The summed E-state index contributed by atoms with van der Waals surface area (Å²) in [7, 11) is 1.17. The lowest BCUT2D eigenvalue weighted by Crippen LogP contribution is -2.37. The molecule has 0 aliphatic carbocycles. The van der Waals surface area contributed by atoms with Gasteiger partial charge in [0.25, 0.3) is 7.82 Å². The quantitative estimate of drug-likeness (QED) is 0.0195. The summed E-state index contributed by atoms with van der Waals surface area (Å²) >= 11 is 0. The summed E-state index contributed by atoms with van der Waals surface area (Å²) in [5.74, 6) is -0.824. The molecule has 2 unspecified atom stereocenters. The minimum absolute atomic E-state index is 0.0293. The highest BCUT2D eigenvalue weighted by molar-refractivity contribution is 7.45. The highest BCUT2D eigenvalue weighted by atomic mass is 31.2. The molecule has 0 rings (SSSR count). The van der Waals surface area contributed by atoms with Crippen molar-refractivity contribution in [2.45, 2.75) is 270 Å². The Balaban J connectivity index is 4.19. The first kappa shape index (κ1) is 63.5. The van der Waals surface area contributed by atoms with Crippen LogP contribution in [0.15, 0.2) is 24.3 Å². The third-order valence-electron chi connectivity index (χ3n) is 12.2. The van der Waals surface area contributed by atoms with Gasteiger partial charge in [-0.3, -0.25) is 14.2 Å². The van der Waals surface area contributed by atoms with Crippen molar-refractivity contribution in [3.05, 3.63) is 24.3 Å². The minimum Gasteiger partial charge on any atom is -0.756 e. The summed E-state index contributed by atoms with van der Waals surface area (Å²) < 4.78 is 34.1. The molecule has 0 spiro atoms. The van der Waals surface area contributed by atoms with Crippen LogP contribution in [0.2, 0.25) is 0 Å². The van der Waals surface area contributed by atoms with Crippen LogP contribution in [0.5, 0.6) is 0 Å². The molecule has 0 amide bonds. The molecule has 384 valence electrons. The third kappa shape index (κ3) is 51.7. The zero-order valence-corrected chi connectivity index (χ0v) is 44.3. The Morgan fingerprint density at radius 1 is 0.477 bits per heavy atom. The van der Waals surface area contributed by atoms with E-state index in [1.165, 1.54) is 180 Å². The normalized spacial score (nSPS) is 13.5. The number of carbonyl (C=O) groups excluding carboxylic acids is 2. The van der Waals surface area contributed by atoms with Crippen molar-refractivity contribution in [3.8, 4) is 0 Å². The summed E-state index contributed by atoms with van der Waals surface area (Å²) in [6, 6.07) is 0. The van der Waals surface area contributed by atoms with E-state index in [0.29, 0.717) is 17.4 Å². The Kier molecular flexibility index (Phi) is 46.4. The van der Waals surface area contributed by atoms with Crippen LogP contribution in [0.1, 0.15) is 264 Å². The lowest BCUT2D eigenvalue weighted by Gasteiger charge is -2.28. The number of hydrogen-bond acceptors (Lipinski definition) is 8. The topological polar surface area (TPSA) is 111 Å². The van der Waals surface area contributed by atoms with Crippen LogP contribution in [0.3, 0.4) is 0 Å². The molecule has 0 saturated carbocycles. The molecule has 0 fully saturated rings. The zero-order chi connectivity index (χ0) is 47.8. The predicted octanol–water partition coefficient (Wildman–Crippen LogP) is 16.0. The lowest BCUT2D eigenvalue weighted by atomic mass is 10.0.